The fraction of sp³-hybridized carbons (Fsp3) is 0.286. The number of anilines is 2. The van der Waals surface area contributed by atoms with Crippen LogP contribution in [0.5, 0.6) is 0 Å². The second-order valence-corrected chi connectivity index (χ2v) is 8.65. The van der Waals surface area contributed by atoms with E-state index in [0.29, 0.717) is 16.6 Å². The van der Waals surface area contributed by atoms with Gasteiger partial charge in [0.25, 0.3) is 0 Å². The molecule has 3 aromatic heterocycles. The van der Waals surface area contributed by atoms with E-state index in [-0.39, 0.29) is 17.9 Å². The van der Waals surface area contributed by atoms with Gasteiger partial charge in [-0.1, -0.05) is 18.3 Å². The average molecular weight is 437 g/mol. The van der Waals surface area contributed by atoms with E-state index in [1.165, 1.54) is 23.5 Å². The molecule has 0 unspecified atom stereocenters. The van der Waals surface area contributed by atoms with Crippen LogP contribution in [0.3, 0.4) is 0 Å². The van der Waals surface area contributed by atoms with Gasteiger partial charge in [-0.2, -0.15) is 0 Å². The van der Waals surface area contributed by atoms with Crippen molar-refractivity contribution in [2.45, 2.75) is 39.3 Å². The first kappa shape index (κ1) is 19.6. The molecule has 1 aliphatic rings. The predicted octanol–water partition coefficient (Wildman–Crippen LogP) is 4.25. The monoisotopic (exact) mass is 436 g/mol. The third-order valence-electron chi connectivity index (χ3n) is 5.37. The molecule has 0 saturated heterocycles. The van der Waals surface area contributed by atoms with E-state index in [4.69, 9.17) is 10.7 Å². The fourth-order valence-electron chi connectivity index (χ4n) is 4.04. The van der Waals surface area contributed by atoms with Crippen molar-refractivity contribution in [2.75, 3.05) is 10.6 Å². The van der Waals surface area contributed by atoms with E-state index in [1.807, 2.05) is 4.57 Å². The minimum Gasteiger partial charge on any atom is -0.375 e. The number of nitrogens with zero attached hydrogens (tertiary/aromatic N) is 7. The Kier molecular flexibility index (Phi) is 4.66. The summed E-state index contributed by atoms with van der Waals surface area (Å²) < 4.78 is 15.4. The van der Waals surface area contributed by atoms with Crippen molar-refractivity contribution in [1.82, 2.24) is 29.7 Å². The van der Waals surface area contributed by atoms with Crippen molar-refractivity contribution in [3.63, 3.8) is 0 Å². The Hall–Kier alpha value is -3.40. The van der Waals surface area contributed by atoms with E-state index in [2.05, 4.69) is 45.8 Å². The van der Waals surface area contributed by atoms with Gasteiger partial charge in [-0.05, 0) is 44.5 Å². The number of benzene rings is 1. The van der Waals surface area contributed by atoms with E-state index in [0.717, 1.165) is 34.2 Å². The van der Waals surface area contributed by atoms with Gasteiger partial charge in [0.15, 0.2) is 22.6 Å². The van der Waals surface area contributed by atoms with Crippen LogP contribution in [-0.4, -0.2) is 35.8 Å². The van der Waals surface area contributed by atoms with Crippen LogP contribution >= 0.6 is 11.3 Å². The molecule has 4 aromatic rings. The normalized spacial score (nSPS) is 15.3. The Morgan fingerprint density at radius 3 is 2.68 bits per heavy atom. The third-order valence-corrected chi connectivity index (χ3v) is 6.25. The SMILES string of the molecule is CC[C@@H]1c2nncn2-c2cnc(-c3sc(N)nc3-c3ccc(F)cc3)nc2N1C(C)C. The number of hydrogen-bond acceptors (Lipinski definition) is 8. The quantitative estimate of drug-likeness (QED) is 0.511. The highest BCUT2D eigenvalue weighted by atomic mass is 32.1. The summed E-state index contributed by atoms with van der Waals surface area (Å²) in [5.74, 6) is 1.93. The van der Waals surface area contributed by atoms with Crippen molar-refractivity contribution >= 4 is 22.3 Å². The molecular formula is C21H21FN8S. The summed E-state index contributed by atoms with van der Waals surface area (Å²) in [5, 5.41) is 8.87. The van der Waals surface area contributed by atoms with Crippen LogP contribution in [0, 0.1) is 5.82 Å². The Morgan fingerprint density at radius 2 is 1.97 bits per heavy atom. The van der Waals surface area contributed by atoms with Gasteiger partial charge in [0.05, 0.1) is 17.9 Å². The molecule has 5 rings (SSSR count). The number of hydrogen-bond donors (Lipinski definition) is 1. The van der Waals surface area contributed by atoms with Crippen molar-refractivity contribution in [3.8, 4) is 27.6 Å². The lowest BCUT2D eigenvalue weighted by Gasteiger charge is -2.39. The summed E-state index contributed by atoms with van der Waals surface area (Å²) in [7, 11) is 0. The number of nitrogen functional groups attached to an aromatic ring is 1. The van der Waals surface area contributed by atoms with Crippen LogP contribution in [0.15, 0.2) is 36.8 Å². The highest BCUT2D eigenvalue weighted by Gasteiger charge is 2.35. The average Bonchev–Trinajstić information content (AvgIpc) is 3.39. The standard InChI is InChI=1S/C21H21FN8S/c1-4-14-20-28-25-10-29(20)15-9-24-18(27-19(15)30(14)11(2)3)17-16(26-21(23)31-17)12-5-7-13(22)8-6-12/h5-11,14H,4H2,1-3H3,(H2,23,26)/t14-/m1/s1. The van der Waals surface area contributed by atoms with Gasteiger partial charge in [-0.25, -0.2) is 19.3 Å². The number of aromatic nitrogens is 6. The van der Waals surface area contributed by atoms with Crippen LogP contribution in [0.1, 0.15) is 39.1 Å². The molecule has 158 valence electrons. The molecule has 0 amide bonds. The number of rotatable bonds is 4. The molecule has 0 saturated carbocycles. The largest absolute Gasteiger partial charge is 0.375 e. The first-order valence-corrected chi connectivity index (χ1v) is 10.9. The third kappa shape index (κ3) is 3.14. The molecule has 1 aromatic carbocycles. The number of fused-ring (bicyclic) bond motifs is 3. The van der Waals surface area contributed by atoms with Crippen LogP contribution < -0.4 is 10.6 Å². The Morgan fingerprint density at radius 1 is 1.19 bits per heavy atom. The van der Waals surface area contributed by atoms with Gasteiger partial charge >= 0.3 is 0 Å². The Balaban J connectivity index is 1.69. The smallest absolute Gasteiger partial charge is 0.181 e. The van der Waals surface area contributed by atoms with E-state index in [9.17, 15) is 4.39 Å². The molecular weight excluding hydrogens is 415 g/mol. The molecule has 1 aliphatic heterocycles. The van der Waals surface area contributed by atoms with E-state index >= 15 is 0 Å². The van der Waals surface area contributed by atoms with E-state index < -0.39 is 0 Å². The molecule has 2 N–H and O–H groups in total. The molecule has 1 atom stereocenters. The zero-order valence-corrected chi connectivity index (χ0v) is 18.1. The molecule has 10 heteroatoms. The lowest BCUT2D eigenvalue weighted by Crippen LogP contribution is -2.40. The van der Waals surface area contributed by atoms with E-state index in [1.54, 1.807) is 24.7 Å². The summed E-state index contributed by atoms with van der Waals surface area (Å²) in [6.45, 7) is 6.40. The van der Waals surface area contributed by atoms with Crippen molar-refractivity contribution in [1.29, 1.82) is 0 Å². The zero-order chi connectivity index (χ0) is 21.7. The second kappa shape index (κ2) is 7.38. The maximum absolute atomic E-state index is 13.4. The number of thiazole rings is 1. The van der Waals surface area contributed by atoms with Crippen molar-refractivity contribution in [3.05, 3.63) is 48.4 Å². The number of nitrogens with two attached hydrogens (primary N) is 1. The van der Waals surface area contributed by atoms with Crippen LogP contribution in [0.25, 0.3) is 27.6 Å². The van der Waals surface area contributed by atoms with Crippen LogP contribution in [-0.2, 0) is 0 Å². The van der Waals surface area contributed by atoms with Gasteiger partial charge in [-0.3, -0.25) is 4.57 Å². The molecule has 8 nitrogen and oxygen atoms in total. The van der Waals surface area contributed by atoms with Crippen molar-refractivity contribution < 1.29 is 4.39 Å². The minimum absolute atomic E-state index is 0.0563. The van der Waals surface area contributed by atoms with Gasteiger partial charge < -0.3 is 10.6 Å². The van der Waals surface area contributed by atoms with Crippen LogP contribution in [0.4, 0.5) is 15.3 Å². The molecule has 31 heavy (non-hydrogen) atoms. The van der Waals surface area contributed by atoms with Gasteiger partial charge in [-0.15, -0.1) is 10.2 Å². The first-order chi connectivity index (χ1) is 15.0. The molecule has 0 radical (unpaired) electrons. The molecule has 0 bridgehead atoms. The lowest BCUT2D eigenvalue weighted by molar-refractivity contribution is 0.497. The maximum Gasteiger partial charge on any atom is 0.181 e. The predicted molar refractivity (Wildman–Crippen MR) is 119 cm³/mol. The summed E-state index contributed by atoms with van der Waals surface area (Å²) in [4.78, 5) is 17.1. The molecule has 0 spiro atoms. The van der Waals surface area contributed by atoms with Crippen molar-refractivity contribution in [2.24, 2.45) is 0 Å². The fourth-order valence-corrected chi connectivity index (χ4v) is 4.84. The highest BCUT2D eigenvalue weighted by molar-refractivity contribution is 7.19. The second-order valence-electron chi connectivity index (χ2n) is 7.62. The summed E-state index contributed by atoms with van der Waals surface area (Å²) in [6, 6.07) is 6.43. The lowest BCUT2D eigenvalue weighted by atomic mass is 10.1. The van der Waals surface area contributed by atoms with Gasteiger partial charge in [0.2, 0.25) is 0 Å². The number of halogens is 1. The maximum atomic E-state index is 13.4. The Bertz CT molecular complexity index is 1250. The highest BCUT2D eigenvalue weighted by Crippen LogP contribution is 2.42. The van der Waals surface area contributed by atoms with Gasteiger partial charge in [0.1, 0.15) is 22.7 Å². The molecule has 4 heterocycles. The summed E-state index contributed by atoms with van der Waals surface area (Å²) in [5.41, 5.74) is 8.28. The first-order valence-electron chi connectivity index (χ1n) is 10.1. The summed E-state index contributed by atoms with van der Waals surface area (Å²) >= 11 is 1.32. The van der Waals surface area contributed by atoms with Crippen LogP contribution in [0.2, 0.25) is 0 Å². The topological polar surface area (TPSA) is 98.6 Å². The van der Waals surface area contributed by atoms with Gasteiger partial charge in [0, 0.05) is 11.6 Å². The zero-order valence-electron chi connectivity index (χ0n) is 17.3. The molecule has 0 fully saturated rings. The Labute approximate surface area is 182 Å². The summed E-state index contributed by atoms with van der Waals surface area (Å²) in [6.07, 6.45) is 4.35. The molecule has 0 aliphatic carbocycles. The minimum atomic E-state index is -0.304.